The first-order valence-electron chi connectivity index (χ1n) is 8.17. The van der Waals surface area contributed by atoms with E-state index in [1.807, 2.05) is 6.07 Å². The van der Waals surface area contributed by atoms with Crippen molar-refractivity contribution in [1.82, 2.24) is 10.3 Å². The number of aromatic nitrogens is 1. The normalized spacial score (nSPS) is 25.2. The molecule has 5 nitrogen and oxygen atoms in total. The van der Waals surface area contributed by atoms with Crippen LogP contribution in [0, 0.1) is 23.1 Å². The topological polar surface area (TPSA) is 86.8 Å². The van der Waals surface area contributed by atoms with Crippen molar-refractivity contribution < 1.29 is 17.6 Å². The van der Waals surface area contributed by atoms with Crippen LogP contribution in [-0.4, -0.2) is 17.3 Å². The highest BCUT2D eigenvalue weighted by atomic mass is 19.4. The van der Waals surface area contributed by atoms with Gasteiger partial charge in [-0.2, -0.15) is 18.4 Å². The number of hydrogen-bond acceptors (Lipinski definition) is 5. The van der Waals surface area contributed by atoms with Gasteiger partial charge in [0.2, 0.25) is 0 Å². The molecule has 3 rings (SSSR count). The first kappa shape index (κ1) is 19.1. The summed E-state index contributed by atoms with van der Waals surface area (Å²) in [6.07, 6.45) is -4.33. The number of pyridine rings is 1. The lowest BCUT2D eigenvalue weighted by atomic mass is 9.80. The third-order valence-electron chi connectivity index (χ3n) is 4.78. The van der Waals surface area contributed by atoms with E-state index in [-0.39, 0.29) is 23.4 Å². The lowest BCUT2D eigenvalue weighted by Gasteiger charge is -2.34. The summed E-state index contributed by atoms with van der Waals surface area (Å²) in [4.78, 5) is 4.04. The van der Waals surface area contributed by atoms with Gasteiger partial charge in [-0.25, -0.2) is 9.37 Å². The molecule has 1 saturated heterocycles. The maximum absolute atomic E-state index is 14.5. The Morgan fingerprint density at radius 3 is 2.78 bits per heavy atom. The molecule has 142 valence electrons. The van der Waals surface area contributed by atoms with Crippen LogP contribution in [0.4, 0.5) is 29.1 Å². The van der Waals surface area contributed by atoms with Gasteiger partial charge in [0.1, 0.15) is 17.7 Å². The maximum atomic E-state index is 14.5. The van der Waals surface area contributed by atoms with Crippen LogP contribution in [0.5, 0.6) is 0 Å². The van der Waals surface area contributed by atoms with Crippen LogP contribution in [0.1, 0.15) is 24.5 Å². The number of anilines is 2. The molecule has 1 aromatic heterocycles. The lowest BCUT2D eigenvalue weighted by Crippen LogP contribution is -2.47. The quantitative estimate of drug-likeness (QED) is 0.711. The fraction of sp³-hybridized carbons (Fsp3) is 0.333. The first-order chi connectivity index (χ1) is 12.6. The van der Waals surface area contributed by atoms with Crippen LogP contribution in [0.15, 0.2) is 36.5 Å². The molecule has 2 heterocycles. The first-order valence-corrected chi connectivity index (χ1v) is 8.17. The van der Waals surface area contributed by atoms with Gasteiger partial charge in [-0.15, -0.1) is 0 Å². The Bertz CT molecular complexity index is 892. The highest BCUT2D eigenvalue weighted by Crippen LogP contribution is 2.47. The summed E-state index contributed by atoms with van der Waals surface area (Å²) < 4.78 is 55.0. The molecule has 1 aliphatic rings. The molecule has 0 aliphatic carbocycles. The van der Waals surface area contributed by atoms with E-state index >= 15 is 0 Å². The molecule has 3 atom stereocenters. The molecule has 0 saturated carbocycles. The summed E-state index contributed by atoms with van der Waals surface area (Å²) in [5, 5.41) is 14.7. The Morgan fingerprint density at radius 1 is 1.37 bits per heavy atom. The molecule has 1 fully saturated rings. The number of hydrogen-bond donors (Lipinski definition) is 3. The molecule has 0 radical (unpaired) electrons. The number of alkyl halides is 3. The molecule has 0 spiro atoms. The molecule has 0 bridgehead atoms. The molecule has 1 aromatic carbocycles. The van der Waals surface area contributed by atoms with Crippen molar-refractivity contribution in [2.24, 2.45) is 11.7 Å². The molecule has 0 amide bonds. The van der Waals surface area contributed by atoms with E-state index in [4.69, 9.17) is 11.0 Å². The zero-order valence-corrected chi connectivity index (χ0v) is 14.3. The van der Waals surface area contributed by atoms with E-state index in [0.29, 0.717) is 5.69 Å². The van der Waals surface area contributed by atoms with Crippen LogP contribution in [0.25, 0.3) is 0 Å². The largest absolute Gasteiger partial charge is 0.394 e. The molecular formula is C18H17F4N5. The SMILES string of the molecule is C[C@@]1(c2cc(Nc3ncccc3C#N)ccc2F)NC(N)C[C@@H]1C(F)(F)F. The van der Waals surface area contributed by atoms with Crippen molar-refractivity contribution in [1.29, 1.82) is 5.26 Å². The summed E-state index contributed by atoms with van der Waals surface area (Å²) in [6.45, 7) is 1.29. The van der Waals surface area contributed by atoms with Crippen molar-refractivity contribution in [2.75, 3.05) is 5.32 Å². The molecule has 1 aliphatic heterocycles. The zero-order valence-electron chi connectivity index (χ0n) is 14.3. The second-order valence-corrected chi connectivity index (χ2v) is 6.61. The summed E-state index contributed by atoms with van der Waals surface area (Å²) in [6, 6.07) is 8.82. The Morgan fingerprint density at radius 2 is 2.11 bits per heavy atom. The minimum absolute atomic E-state index is 0.155. The van der Waals surface area contributed by atoms with E-state index in [1.165, 1.54) is 31.3 Å². The molecule has 9 heteroatoms. The standard InChI is InChI=1S/C18H17F4N5/c1-17(14(18(20,21)22)8-15(24)27-17)12-7-11(4-5-13(12)19)26-16-10(9-23)3-2-6-25-16/h2-7,14-15,27H,8,24H2,1H3,(H,25,26)/t14-,15?,17-/m0/s1. The van der Waals surface area contributed by atoms with Gasteiger partial charge >= 0.3 is 6.18 Å². The van der Waals surface area contributed by atoms with Crippen LogP contribution < -0.4 is 16.4 Å². The number of nitrogens with two attached hydrogens (primary N) is 1. The Balaban J connectivity index is 2.02. The minimum Gasteiger partial charge on any atom is -0.339 e. The summed E-state index contributed by atoms with van der Waals surface area (Å²) in [5.41, 5.74) is 4.38. The second kappa shape index (κ2) is 6.79. The molecule has 1 unspecified atom stereocenters. The maximum Gasteiger partial charge on any atom is 0.394 e. The van der Waals surface area contributed by atoms with Crippen molar-refractivity contribution in [2.45, 2.75) is 31.2 Å². The smallest absolute Gasteiger partial charge is 0.339 e. The summed E-state index contributed by atoms with van der Waals surface area (Å²) in [5.74, 6) is -2.39. The summed E-state index contributed by atoms with van der Waals surface area (Å²) >= 11 is 0. The highest BCUT2D eigenvalue weighted by molar-refractivity contribution is 5.63. The fourth-order valence-corrected chi connectivity index (χ4v) is 3.49. The van der Waals surface area contributed by atoms with Crippen molar-refractivity contribution in [3.8, 4) is 6.07 Å². The highest BCUT2D eigenvalue weighted by Gasteiger charge is 2.57. The van der Waals surface area contributed by atoms with Crippen molar-refractivity contribution in [3.05, 3.63) is 53.5 Å². The molecule has 27 heavy (non-hydrogen) atoms. The number of nitriles is 1. The van der Waals surface area contributed by atoms with Gasteiger partial charge in [-0.05, 0) is 43.7 Å². The number of rotatable bonds is 3. The van der Waals surface area contributed by atoms with Gasteiger partial charge in [0.15, 0.2) is 0 Å². The van der Waals surface area contributed by atoms with Crippen LogP contribution >= 0.6 is 0 Å². The van der Waals surface area contributed by atoms with Crippen molar-refractivity contribution >= 4 is 11.5 Å². The third kappa shape index (κ3) is 3.59. The summed E-state index contributed by atoms with van der Waals surface area (Å²) in [7, 11) is 0. The van der Waals surface area contributed by atoms with E-state index in [2.05, 4.69) is 15.6 Å². The van der Waals surface area contributed by atoms with Crippen LogP contribution in [0.2, 0.25) is 0 Å². The van der Waals surface area contributed by atoms with E-state index in [9.17, 15) is 17.6 Å². The Kier molecular flexibility index (Phi) is 4.80. The predicted octanol–water partition coefficient (Wildman–Crippen LogP) is 3.51. The monoisotopic (exact) mass is 379 g/mol. The van der Waals surface area contributed by atoms with Gasteiger partial charge in [0.25, 0.3) is 0 Å². The van der Waals surface area contributed by atoms with Crippen molar-refractivity contribution in [3.63, 3.8) is 0 Å². The average Bonchev–Trinajstić information content (AvgIpc) is 2.93. The minimum atomic E-state index is -4.54. The van der Waals surface area contributed by atoms with Gasteiger partial charge in [0, 0.05) is 17.4 Å². The zero-order chi connectivity index (χ0) is 19.8. The predicted molar refractivity (Wildman–Crippen MR) is 91.3 cm³/mol. The number of benzene rings is 1. The van der Waals surface area contributed by atoms with Gasteiger partial charge in [-0.3, -0.25) is 5.32 Å². The Labute approximate surface area is 153 Å². The molecule has 2 aromatic rings. The van der Waals surface area contributed by atoms with Gasteiger partial charge in [0.05, 0.1) is 23.2 Å². The Hall–Kier alpha value is -2.70. The third-order valence-corrected chi connectivity index (χ3v) is 4.78. The second-order valence-electron chi connectivity index (χ2n) is 6.61. The van der Waals surface area contributed by atoms with E-state index in [0.717, 1.165) is 6.07 Å². The van der Waals surface area contributed by atoms with Crippen LogP contribution in [-0.2, 0) is 5.54 Å². The van der Waals surface area contributed by atoms with E-state index in [1.54, 1.807) is 6.07 Å². The van der Waals surface area contributed by atoms with Crippen LogP contribution in [0.3, 0.4) is 0 Å². The number of nitrogens with one attached hydrogen (secondary N) is 2. The van der Waals surface area contributed by atoms with Gasteiger partial charge < -0.3 is 11.1 Å². The fourth-order valence-electron chi connectivity index (χ4n) is 3.49. The molecule has 4 N–H and O–H groups in total. The number of nitrogens with zero attached hydrogens (tertiary/aromatic N) is 2. The number of halogens is 4. The average molecular weight is 379 g/mol. The van der Waals surface area contributed by atoms with E-state index < -0.39 is 29.6 Å². The lowest BCUT2D eigenvalue weighted by molar-refractivity contribution is -0.188. The molecular weight excluding hydrogens is 362 g/mol. The van der Waals surface area contributed by atoms with Gasteiger partial charge in [-0.1, -0.05) is 0 Å².